The van der Waals surface area contributed by atoms with Crippen LogP contribution in [-0.2, 0) is 13.0 Å². The molecule has 1 aliphatic rings. The molecule has 0 fully saturated rings. The van der Waals surface area contributed by atoms with E-state index in [1.807, 2.05) is 12.1 Å². The van der Waals surface area contributed by atoms with Gasteiger partial charge in [-0.3, -0.25) is 14.8 Å². The number of aromatic nitrogens is 2. The van der Waals surface area contributed by atoms with Gasteiger partial charge in [-0.15, -0.1) is 0 Å². The van der Waals surface area contributed by atoms with E-state index in [1.165, 1.54) is 22.6 Å². The lowest BCUT2D eigenvalue weighted by Gasteiger charge is -2.27. The number of aliphatic hydroxyl groups excluding tert-OH is 1. The third kappa shape index (κ3) is 2.80. The summed E-state index contributed by atoms with van der Waals surface area (Å²) in [6, 6.07) is 8.51. The van der Waals surface area contributed by atoms with Crippen LogP contribution in [0.5, 0.6) is 0 Å². The minimum absolute atomic E-state index is 0.0629. The van der Waals surface area contributed by atoms with Crippen molar-refractivity contribution in [2.45, 2.75) is 32.0 Å². The van der Waals surface area contributed by atoms with Crippen molar-refractivity contribution in [2.24, 2.45) is 0 Å². The number of para-hydroxylation sites is 1. The van der Waals surface area contributed by atoms with Crippen molar-refractivity contribution < 1.29 is 10.0 Å². The summed E-state index contributed by atoms with van der Waals surface area (Å²) in [6.45, 7) is 2.84. The van der Waals surface area contributed by atoms with E-state index < -0.39 is 11.0 Å². The van der Waals surface area contributed by atoms with E-state index in [4.69, 9.17) is 0 Å². The zero-order valence-corrected chi connectivity index (χ0v) is 12.3. The van der Waals surface area contributed by atoms with E-state index >= 15 is 0 Å². The molecule has 0 amide bonds. The first-order valence-corrected chi connectivity index (χ1v) is 7.24. The molecule has 7 nitrogen and oxygen atoms in total. The highest BCUT2D eigenvalue weighted by atomic mass is 16.6. The molecule has 2 heterocycles. The summed E-state index contributed by atoms with van der Waals surface area (Å²) in [7, 11) is 0. The fraction of sp³-hybridized carbons (Fsp3) is 0.400. The Kier molecular flexibility index (Phi) is 3.81. The monoisotopic (exact) mass is 302 g/mol. The molecular weight excluding hydrogens is 284 g/mol. The van der Waals surface area contributed by atoms with Crippen molar-refractivity contribution in [2.75, 3.05) is 11.4 Å². The van der Waals surface area contributed by atoms with Crippen LogP contribution >= 0.6 is 0 Å². The average molecular weight is 302 g/mol. The van der Waals surface area contributed by atoms with Gasteiger partial charge < -0.3 is 10.0 Å². The first kappa shape index (κ1) is 14.5. The lowest BCUT2D eigenvalue weighted by molar-refractivity contribution is -0.385. The molecule has 2 unspecified atom stereocenters. The first-order valence-electron chi connectivity index (χ1n) is 7.24. The molecule has 7 heteroatoms. The lowest BCUT2D eigenvalue weighted by atomic mass is 10.1. The predicted octanol–water partition coefficient (Wildman–Crippen LogP) is 1.60. The maximum absolute atomic E-state index is 10.6. The van der Waals surface area contributed by atoms with Gasteiger partial charge in [0.2, 0.25) is 0 Å². The third-order valence-electron chi connectivity index (χ3n) is 3.98. The molecule has 0 spiro atoms. The summed E-state index contributed by atoms with van der Waals surface area (Å²) in [6.07, 6.45) is 2.86. The number of aliphatic hydroxyl groups is 1. The highest BCUT2D eigenvalue weighted by molar-refractivity contribution is 5.59. The van der Waals surface area contributed by atoms with Crippen LogP contribution in [-0.4, -0.2) is 38.5 Å². The Hall–Kier alpha value is -2.41. The quantitative estimate of drug-likeness (QED) is 0.670. The number of rotatable bonds is 5. The average Bonchev–Trinajstić information content (AvgIpc) is 3.05. The molecule has 0 saturated heterocycles. The second-order valence-corrected chi connectivity index (χ2v) is 5.67. The zero-order chi connectivity index (χ0) is 15.7. The standard InChI is InChI=1S/C15H18N4O3/c1-11-6-12-4-2-3-5-15(12)18(11)10-14(20)9-17-8-13(7-16-17)19(21)22/h2-5,7-8,11,14,20H,6,9-10H2,1H3. The van der Waals surface area contributed by atoms with Gasteiger partial charge in [-0.25, -0.2) is 0 Å². The zero-order valence-electron chi connectivity index (χ0n) is 12.3. The first-order chi connectivity index (χ1) is 10.5. The van der Waals surface area contributed by atoms with Crippen molar-refractivity contribution in [1.29, 1.82) is 0 Å². The normalized spacial score (nSPS) is 18.3. The van der Waals surface area contributed by atoms with Gasteiger partial charge in [0.25, 0.3) is 0 Å². The number of nitrogens with zero attached hydrogens (tertiary/aromatic N) is 4. The van der Waals surface area contributed by atoms with Crippen LogP contribution in [0.3, 0.4) is 0 Å². The van der Waals surface area contributed by atoms with E-state index in [1.54, 1.807) is 0 Å². The summed E-state index contributed by atoms with van der Waals surface area (Å²) in [5, 5.41) is 24.8. The molecular formula is C15H18N4O3. The molecule has 0 bridgehead atoms. The van der Waals surface area contributed by atoms with E-state index in [9.17, 15) is 15.2 Å². The van der Waals surface area contributed by atoms with Crippen LogP contribution in [0.25, 0.3) is 0 Å². The van der Waals surface area contributed by atoms with E-state index in [2.05, 4.69) is 29.1 Å². The molecule has 1 N–H and O–H groups in total. The van der Waals surface area contributed by atoms with E-state index in [-0.39, 0.29) is 12.2 Å². The molecule has 0 radical (unpaired) electrons. The Morgan fingerprint density at radius 3 is 2.95 bits per heavy atom. The minimum Gasteiger partial charge on any atom is -0.389 e. The Morgan fingerprint density at radius 1 is 1.45 bits per heavy atom. The SMILES string of the molecule is CC1Cc2ccccc2N1CC(O)Cn1cc([N+](=O)[O-])cn1. The van der Waals surface area contributed by atoms with E-state index in [0.717, 1.165) is 12.1 Å². The number of hydrogen-bond donors (Lipinski definition) is 1. The Bertz CT molecular complexity index is 685. The summed E-state index contributed by atoms with van der Waals surface area (Å²) in [5.41, 5.74) is 2.38. The highest BCUT2D eigenvalue weighted by Gasteiger charge is 2.27. The molecule has 1 aromatic heterocycles. The number of benzene rings is 1. The highest BCUT2D eigenvalue weighted by Crippen LogP contribution is 2.31. The van der Waals surface area contributed by atoms with Gasteiger partial charge in [-0.05, 0) is 25.0 Å². The molecule has 2 atom stereocenters. The Labute approximate surface area is 127 Å². The second kappa shape index (κ2) is 5.76. The lowest BCUT2D eigenvalue weighted by Crippen LogP contribution is -2.38. The smallest absolute Gasteiger partial charge is 0.306 e. The molecule has 0 saturated carbocycles. The molecule has 1 aliphatic heterocycles. The molecule has 22 heavy (non-hydrogen) atoms. The van der Waals surface area contributed by atoms with Gasteiger partial charge >= 0.3 is 5.69 Å². The minimum atomic E-state index is -0.645. The fourth-order valence-corrected chi connectivity index (χ4v) is 2.96. The summed E-state index contributed by atoms with van der Waals surface area (Å²) < 4.78 is 1.41. The number of fused-ring (bicyclic) bond motifs is 1. The van der Waals surface area contributed by atoms with Gasteiger partial charge in [0, 0.05) is 18.3 Å². The van der Waals surface area contributed by atoms with Crippen LogP contribution in [0.15, 0.2) is 36.7 Å². The largest absolute Gasteiger partial charge is 0.389 e. The molecule has 2 aromatic rings. The maximum atomic E-state index is 10.6. The summed E-state index contributed by atoms with van der Waals surface area (Å²) >= 11 is 0. The Morgan fingerprint density at radius 2 is 2.23 bits per heavy atom. The van der Waals surface area contributed by atoms with Gasteiger partial charge in [-0.1, -0.05) is 18.2 Å². The van der Waals surface area contributed by atoms with Crippen molar-refractivity contribution in [1.82, 2.24) is 9.78 Å². The number of nitro groups is 1. The molecule has 116 valence electrons. The van der Waals surface area contributed by atoms with Crippen LogP contribution < -0.4 is 4.90 Å². The molecule has 3 rings (SSSR count). The molecule has 1 aromatic carbocycles. The summed E-state index contributed by atoms with van der Waals surface area (Å²) in [5.74, 6) is 0. The van der Waals surface area contributed by atoms with E-state index in [0.29, 0.717) is 12.6 Å². The van der Waals surface area contributed by atoms with Crippen LogP contribution in [0.2, 0.25) is 0 Å². The Balaban J connectivity index is 1.66. The predicted molar refractivity (Wildman–Crippen MR) is 81.8 cm³/mol. The van der Waals surface area contributed by atoms with Crippen molar-refractivity contribution >= 4 is 11.4 Å². The van der Waals surface area contributed by atoms with Crippen LogP contribution in [0.4, 0.5) is 11.4 Å². The fourth-order valence-electron chi connectivity index (χ4n) is 2.96. The van der Waals surface area contributed by atoms with Crippen LogP contribution in [0.1, 0.15) is 12.5 Å². The maximum Gasteiger partial charge on any atom is 0.306 e. The summed E-state index contributed by atoms with van der Waals surface area (Å²) in [4.78, 5) is 12.3. The van der Waals surface area contributed by atoms with Crippen molar-refractivity contribution in [3.63, 3.8) is 0 Å². The number of hydrogen-bond acceptors (Lipinski definition) is 5. The van der Waals surface area contributed by atoms with Crippen molar-refractivity contribution in [3.8, 4) is 0 Å². The van der Waals surface area contributed by atoms with Gasteiger partial charge in [0.1, 0.15) is 12.4 Å². The second-order valence-electron chi connectivity index (χ2n) is 5.67. The molecule has 0 aliphatic carbocycles. The number of anilines is 1. The third-order valence-corrected chi connectivity index (χ3v) is 3.98. The van der Waals surface area contributed by atoms with Crippen molar-refractivity contribution in [3.05, 3.63) is 52.3 Å². The van der Waals surface area contributed by atoms with Crippen LogP contribution in [0, 0.1) is 10.1 Å². The topological polar surface area (TPSA) is 84.4 Å². The van der Waals surface area contributed by atoms with Gasteiger partial charge in [-0.2, -0.15) is 5.10 Å². The van der Waals surface area contributed by atoms with Gasteiger partial charge in [0.15, 0.2) is 0 Å². The number of β-amino-alcohol motifs (C(OH)–C–C–N with tert-alkyl or cyclic N) is 1. The van der Waals surface area contributed by atoms with Gasteiger partial charge in [0.05, 0.1) is 17.6 Å².